The van der Waals surface area contributed by atoms with Gasteiger partial charge in [0.1, 0.15) is 18.7 Å². The molecule has 9 heteroatoms. The summed E-state index contributed by atoms with van der Waals surface area (Å²) in [5.74, 6) is -1.75. The lowest BCUT2D eigenvalue weighted by atomic mass is 9.98. The molecule has 0 radical (unpaired) electrons. The maximum atomic E-state index is 13.2. The number of alkyl carbamates (subject to hydrolysis) is 1. The molecular formula is C26H28N4O5. The van der Waals surface area contributed by atoms with Crippen molar-refractivity contribution in [1.82, 2.24) is 20.2 Å². The molecule has 1 aromatic heterocycles. The Morgan fingerprint density at radius 1 is 1.11 bits per heavy atom. The molecule has 35 heavy (non-hydrogen) atoms. The maximum absolute atomic E-state index is 13.2. The number of likely N-dealkylation sites (N-methyl/N-ethyl adjacent to an activating group) is 1. The molecule has 1 aliphatic carbocycles. The van der Waals surface area contributed by atoms with Gasteiger partial charge in [-0.15, -0.1) is 0 Å². The van der Waals surface area contributed by atoms with E-state index >= 15 is 0 Å². The van der Waals surface area contributed by atoms with Crippen LogP contribution < -0.4 is 5.32 Å². The average molecular weight is 477 g/mol. The standard InChI is InChI=1S/C26H28N4O5/c1-3-23(25(32)33)30(2)24(31)22(12-16-13-27-15-28-16)29-26(34)35-14-21-19-10-6-4-8-17(19)18-9-5-7-11-20(18)21/h4-11,13,15,21-23H,3,12,14H2,1-2H3,(H,27,28)(H,29,34)(H,32,33)/t22-,23?/m1/s1. The highest BCUT2D eigenvalue weighted by Crippen LogP contribution is 2.44. The number of ether oxygens (including phenoxy) is 1. The fourth-order valence-corrected chi connectivity index (χ4v) is 4.61. The van der Waals surface area contributed by atoms with Crippen LogP contribution in [-0.4, -0.2) is 63.7 Å². The van der Waals surface area contributed by atoms with Crippen molar-refractivity contribution in [1.29, 1.82) is 0 Å². The summed E-state index contributed by atoms with van der Waals surface area (Å²) in [4.78, 5) is 45.5. The van der Waals surface area contributed by atoms with Crippen molar-refractivity contribution in [3.05, 3.63) is 77.9 Å². The number of aliphatic carboxylic acids is 1. The number of carboxylic acids is 1. The van der Waals surface area contributed by atoms with Crippen molar-refractivity contribution in [2.75, 3.05) is 13.7 Å². The van der Waals surface area contributed by atoms with Gasteiger partial charge in [-0.1, -0.05) is 55.5 Å². The first-order chi connectivity index (χ1) is 16.9. The van der Waals surface area contributed by atoms with Gasteiger partial charge >= 0.3 is 12.1 Å². The second-order valence-corrected chi connectivity index (χ2v) is 8.51. The summed E-state index contributed by atoms with van der Waals surface area (Å²) in [6.07, 6.45) is 2.62. The van der Waals surface area contributed by atoms with Crippen LogP contribution >= 0.6 is 0 Å². The number of carbonyl (C=O) groups excluding carboxylic acids is 2. The highest BCUT2D eigenvalue weighted by molar-refractivity contribution is 5.89. The molecule has 1 unspecified atom stereocenters. The van der Waals surface area contributed by atoms with Crippen molar-refractivity contribution in [2.45, 2.75) is 37.8 Å². The number of imidazole rings is 1. The van der Waals surface area contributed by atoms with Gasteiger partial charge in [-0.25, -0.2) is 14.6 Å². The molecule has 0 saturated carbocycles. The van der Waals surface area contributed by atoms with Crippen LogP contribution in [0.1, 0.15) is 36.1 Å². The van der Waals surface area contributed by atoms with E-state index in [4.69, 9.17) is 4.74 Å². The summed E-state index contributed by atoms with van der Waals surface area (Å²) >= 11 is 0. The van der Waals surface area contributed by atoms with Crippen molar-refractivity contribution in [3.63, 3.8) is 0 Å². The second-order valence-electron chi connectivity index (χ2n) is 8.51. The number of aromatic nitrogens is 2. The molecule has 3 N–H and O–H groups in total. The molecule has 2 amide bonds. The third-order valence-electron chi connectivity index (χ3n) is 6.40. The molecule has 4 rings (SSSR count). The largest absolute Gasteiger partial charge is 0.480 e. The zero-order valence-corrected chi connectivity index (χ0v) is 19.6. The maximum Gasteiger partial charge on any atom is 0.407 e. The molecule has 0 bridgehead atoms. The van der Waals surface area contributed by atoms with Crippen LogP contribution in [0.5, 0.6) is 0 Å². The Labute approximate surface area is 203 Å². The van der Waals surface area contributed by atoms with E-state index in [2.05, 4.69) is 27.4 Å². The van der Waals surface area contributed by atoms with Gasteiger partial charge in [0.05, 0.1) is 6.33 Å². The SMILES string of the molecule is CCC(C(=O)O)N(C)C(=O)[C@@H](Cc1cnc[nH]1)NC(=O)OCC1c2ccccc2-c2ccccc21. The molecule has 0 aliphatic heterocycles. The van der Waals surface area contributed by atoms with Crippen molar-refractivity contribution in [2.24, 2.45) is 0 Å². The van der Waals surface area contributed by atoms with Crippen LogP contribution in [-0.2, 0) is 20.7 Å². The molecule has 0 saturated heterocycles. The van der Waals surface area contributed by atoms with Gasteiger partial charge in [0, 0.05) is 31.3 Å². The molecular weight excluding hydrogens is 448 g/mol. The van der Waals surface area contributed by atoms with Crippen LogP contribution in [0.2, 0.25) is 0 Å². The van der Waals surface area contributed by atoms with Gasteiger partial charge in [0.2, 0.25) is 5.91 Å². The van der Waals surface area contributed by atoms with Gasteiger partial charge in [-0.3, -0.25) is 4.79 Å². The van der Waals surface area contributed by atoms with E-state index < -0.39 is 30.1 Å². The quantitative estimate of drug-likeness (QED) is 0.436. The summed E-state index contributed by atoms with van der Waals surface area (Å²) < 4.78 is 5.59. The average Bonchev–Trinajstić information content (AvgIpc) is 3.48. The molecule has 1 aliphatic rings. The van der Waals surface area contributed by atoms with Gasteiger partial charge in [0.15, 0.2) is 0 Å². The number of nitrogens with one attached hydrogen (secondary N) is 2. The Kier molecular flexibility index (Phi) is 7.14. The lowest BCUT2D eigenvalue weighted by Gasteiger charge is -2.28. The molecule has 2 atom stereocenters. The van der Waals surface area contributed by atoms with Crippen molar-refractivity contribution < 1.29 is 24.2 Å². The van der Waals surface area contributed by atoms with Crippen LogP contribution in [0.3, 0.4) is 0 Å². The number of hydrogen-bond donors (Lipinski definition) is 3. The van der Waals surface area contributed by atoms with E-state index in [9.17, 15) is 19.5 Å². The van der Waals surface area contributed by atoms with E-state index in [-0.39, 0.29) is 25.4 Å². The first-order valence-electron chi connectivity index (χ1n) is 11.5. The number of aromatic amines is 1. The van der Waals surface area contributed by atoms with Crippen LogP contribution in [0.4, 0.5) is 4.79 Å². The van der Waals surface area contributed by atoms with E-state index in [0.29, 0.717) is 5.69 Å². The van der Waals surface area contributed by atoms with Crippen LogP contribution in [0.25, 0.3) is 11.1 Å². The molecule has 0 fully saturated rings. The smallest absolute Gasteiger partial charge is 0.407 e. The Morgan fingerprint density at radius 3 is 2.29 bits per heavy atom. The van der Waals surface area contributed by atoms with Gasteiger partial charge in [0.25, 0.3) is 0 Å². The lowest BCUT2D eigenvalue weighted by Crippen LogP contribution is -2.53. The third-order valence-corrected chi connectivity index (χ3v) is 6.40. The number of hydrogen-bond acceptors (Lipinski definition) is 5. The monoisotopic (exact) mass is 476 g/mol. The first kappa shape index (κ1) is 24.0. The summed E-state index contributed by atoms with van der Waals surface area (Å²) in [5, 5.41) is 12.1. The van der Waals surface area contributed by atoms with E-state index in [1.807, 2.05) is 36.4 Å². The molecule has 9 nitrogen and oxygen atoms in total. The Morgan fingerprint density at radius 2 is 1.74 bits per heavy atom. The fraction of sp³-hybridized carbons (Fsp3) is 0.308. The second kappa shape index (κ2) is 10.4. The van der Waals surface area contributed by atoms with Gasteiger partial charge in [-0.2, -0.15) is 0 Å². The minimum absolute atomic E-state index is 0.105. The van der Waals surface area contributed by atoms with E-state index in [1.54, 1.807) is 13.1 Å². The first-order valence-corrected chi connectivity index (χ1v) is 11.5. The van der Waals surface area contributed by atoms with E-state index in [0.717, 1.165) is 27.2 Å². The number of benzene rings is 2. The predicted octanol–water partition coefficient (Wildman–Crippen LogP) is 3.18. The summed E-state index contributed by atoms with van der Waals surface area (Å²) in [7, 11) is 1.42. The van der Waals surface area contributed by atoms with Gasteiger partial charge in [-0.05, 0) is 28.7 Å². The summed E-state index contributed by atoms with van der Waals surface area (Å²) in [6.45, 7) is 1.79. The number of amides is 2. The lowest BCUT2D eigenvalue weighted by molar-refractivity contribution is -0.149. The highest BCUT2D eigenvalue weighted by Gasteiger charge is 2.33. The van der Waals surface area contributed by atoms with Crippen LogP contribution in [0, 0.1) is 0 Å². The van der Waals surface area contributed by atoms with Gasteiger partial charge < -0.3 is 25.0 Å². The molecule has 3 aromatic rings. The third kappa shape index (κ3) is 5.03. The molecule has 2 aromatic carbocycles. The van der Waals surface area contributed by atoms with Crippen LogP contribution in [0.15, 0.2) is 61.1 Å². The Balaban J connectivity index is 1.47. The zero-order chi connectivity index (χ0) is 24.9. The topological polar surface area (TPSA) is 125 Å². The number of fused-ring (bicyclic) bond motifs is 3. The predicted molar refractivity (Wildman–Crippen MR) is 129 cm³/mol. The minimum Gasteiger partial charge on any atom is -0.480 e. The minimum atomic E-state index is -1.11. The number of nitrogens with zero attached hydrogens (tertiary/aromatic N) is 2. The fourth-order valence-electron chi connectivity index (χ4n) is 4.61. The van der Waals surface area contributed by atoms with E-state index in [1.165, 1.54) is 13.4 Å². The van der Waals surface area contributed by atoms with Crippen molar-refractivity contribution in [3.8, 4) is 11.1 Å². The highest BCUT2D eigenvalue weighted by atomic mass is 16.5. The normalized spacial score (nSPS) is 13.9. The summed E-state index contributed by atoms with van der Waals surface area (Å²) in [5.41, 5.74) is 5.02. The molecule has 182 valence electrons. The number of H-pyrrole nitrogens is 1. The Hall–Kier alpha value is -4.14. The summed E-state index contributed by atoms with van der Waals surface area (Å²) in [6, 6.07) is 14.0. The van der Waals surface area contributed by atoms with Crippen molar-refractivity contribution >= 4 is 18.0 Å². The number of carboxylic acid groups (broad SMARTS) is 1. The zero-order valence-electron chi connectivity index (χ0n) is 19.6. The number of carbonyl (C=O) groups is 3. The number of rotatable bonds is 9. The molecule has 1 heterocycles. The Bertz CT molecular complexity index is 1160. The molecule has 0 spiro atoms.